The minimum absolute atomic E-state index is 0.00518. The second kappa shape index (κ2) is 5.29. The number of benzene rings is 1. The van der Waals surface area contributed by atoms with Crippen LogP contribution in [0.3, 0.4) is 0 Å². The zero-order chi connectivity index (χ0) is 14.8. The van der Waals surface area contributed by atoms with Crippen molar-refractivity contribution in [3.63, 3.8) is 0 Å². The van der Waals surface area contributed by atoms with Crippen LogP contribution in [0.5, 0.6) is 0 Å². The average molecular weight is 282 g/mol. The molecule has 0 fully saturated rings. The summed E-state index contributed by atoms with van der Waals surface area (Å²) in [5.41, 5.74) is -0.175. The van der Waals surface area contributed by atoms with E-state index in [1.165, 1.54) is 25.2 Å². The van der Waals surface area contributed by atoms with Gasteiger partial charge < -0.3 is 5.11 Å². The number of hydrogen-bond donors (Lipinski definition) is 1. The van der Waals surface area contributed by atoms with Crippen LogP contribution in [0.2, 0.25) is 0 Å². The largest absolute Gasteiger partial charge is 0.389 e. The van der Waals surface area contributed by atoms with Crippen molar-refractivity contribution >= 4 is 10.0 Å². The number of aryl methyl sites for hydroxylation is 1. The summed E-state index contributed by atoms with van der Waals surface area (Å²) >= 11 is 0. The number of aliphatic hydroxyl groups is 1. The van der Waals surface area contributed by atoms with Crippen molar-refractivity contribution in [2.75, 3.05) is 13.6 Å². The molecule has 0 saturated carbocycles. The summed E-state index contributed by atoms with van der Waals surface area (Å²) in [5.74, 6) is 0. The molecule has 0 aliphatic carbocycles. The van der Waals surface area contributed by atoms with Crippen molar-refractivity contribution in [3.05, 3.63) is 29.3 Å². The van der Waals surface area contributed by atoms with E-state index < -0.39 is 15.6 Å². The van der Waals surface area contributed by atoms with E-state index in [1.807, 2.05) is 6.07 Å². The lowest BCUT2D eigenvalue weighted by atomic mass is 10.1. The molecule has 104 valence electrons. The third-order valence-corrected chi connectivity index (χ3v) is 4.57. The first-order valence-corrected chi connectivity index (χ1v) is 7.21. The van der Waals surface area contributed by atoms with Gasteiger partial charge in [0, 0.05) is 13.6 Å². The van der Waals surface area contributed by atoms with Gasteiger partial charge in [-0.1, -0.05) is 0 Å². The molecule has 19 heavy (non-hydrogen) atoms. The fourth-order valence-electron chi connectivity index (χ4n) is 1.81. The minimum Gasteiger partial charge on any atom is -0.389 e. The second-order valence-electron chi connectivity index (χ2n) is 5.17. The fraction of sp³-hybridized carbons (Fsp3) is 0.462. The molecule has 1 rings (SSSR count). The van der Waals surface area contributed by atoms with Crippen molar-refractivity contribution in [1.29, 1.82) is 5.26 Å². The molecule has 0 unspecified atom stereocenters. The van der Waals surface area contributed by atoms with Gasteiger partial charge in [0.1, 0.15) is 0 Å². The molecule has 0 aliphatic heterocycles. The Morgan fingerprint density at radius 2 is 2.00 bits per heavy atom. The summed E-state index contributed by atoms with van der Waals surface area (Å²) in [7, 11) is -2.24. The minimum atomic E-state index is -3.66. The first-order valence-electron chi connectivity index (χ1n) is 5.77. The number of nitriles is 1. The lowest BCUT2D eigenvalue weighted by Gasteiger charge is -2.25. The van der Waals surface area contributed by atoms with E-state index in [-0.39, 0.29) is 11.4 Å². The Labute approximate surface area is 114 Å². The summed E-state index contributed by atoms with van der Waals surface area (Å²) in [6.45, 7) is 4.73. The molecule has 0 aromatic heterocycles. The zero-order valence-electron chi connectivity index (χ0n) is 11.5. The Kier molecular flexibility index (Phi) is 4.35. The highest BCUT2D eigenvalue weighted by Gasteiger charge is 2.27. The molecule has 0 spiro atoms. The highest BCUT2D eigenvalue weighted by atomic mass is 32.2. The van der Waals surface area contributed by atoms with Crippen LogP contribution in [-0.4, -0.2) is 37.0 Å². The molecule has 0 amide bonds. The maximum absolute atomic E-state index is 12.4. The average Bonchev–Trinajstić information content (AvgIpc) is 2.26. The SMILES string of the molecule is Cc1cc(C#N)ccc1S(=O)(=O)N(C)CC(C)(C)O. The van der Waals surface area contributed by atoms with Crippen molar-refractivity contribution in [1.82, 2.24) is 4.31 Å². The smallest absolute Gasteiger partial charge is 0.243 e. The van der Waals surface area contributed by atoms with Crippen LogP contribution in [0.1, 0.15) is 25.0 Å². The summed E-state index contributed by atoms with van der Waals surface area (Å²) in [5, 5.41) is 18.5. The topological polar surface area (TPSA) is 81.4 Å². The summed E-state index contributed by atoms with van der Waals surface area (Å²) in [6, 6.07) is 6.39. The lowest BCUT2D eigenvalue weighted by Crippen LogP contribution is -2.39. The Morgan fingerprint density at radius 1 is 1.42 bits per heavy atom. The molecule has 6 heteroatoms. The van der Waals surface area contributed by atoms with Gasteiger partial charge in [-0.2, -0.15) is 9.57 Å². The van der Waals surface area contributed by atoms with E-state index in [4.69, 9.17) is 5.26 Å². The monoisotopic (exact) mass is 282 g/mol. The molecule has 1 N–H and O–H groups in total. The molecule has 0 heterocycles. The zero-order valence-corrected chi connectivity index (χ0v) is 12.3. The van der Waals surface area contributed by atoms with Crippen LogP contribution < -0.4 is 0 Å². The third kappa shape index (κ3) is 3.77. The molecule has 1 aromatic rings. The van der Waals surface area contributed by atoms with Gasteiger partial charge in [-0.25, -0.2) is 8.42 Å². The number of likely N-dealkylation sites (N-methyl/N-ethyl adjacent to an activating group) is 1. The highest BCUT2D eigenvalue weighted by Crippen LogP contribution is 2.21. The van der Waals surface area contributed by atoms with Crippen LogP contribution in [0.25, 0.3) is 0 Å². The number of sulfonamides is 1. The van der Waals surface area contributed by atoms with Crippen molar-refractivity contribution in [3.8, 4) is 6.07 Å². The van der Waals surface area contributed by atoms with Crippen LogP contribution in [0.15, 0.2) is 23.1 Å². The molecule has 0 saturated heterocycles. The van der Waals surface area contributed by atoms with Gasteiger partial charge in [0.15, 0.2) is 0 Å². The van der Waals surface area contributed by atoms with Gasteiger partial charge in [0.2, 0.25) is 10.0 Å². The van der Waals surface area contributed by atoms with Gasteiger partial charge in [0.05, 0.1) is 22.1 Å². The molecule has 0 atom stereocenters. The Bertz CT molecular complexity index is 610. The predicted molar refractivity (Wildman–Crippen MR) is 72.0 cm³/mol. The van der Waals surface area contributed by atoms with Crippen LogP contribution in [-0.2, 0) is 10.0 Å². The standard InChI is InChI=1S/C13H18N2O3S/c1-10-7-11(8-14)5-6-12(10)19(17,18)15(4)9-13(2,3)16/h5-7,16H,9H2,1-4H3. The number of hydrogen-bond acceptors (Lipinski definition) is 4. The normalized spacial score (nSPS) is 12.5. The molecule has 0 aliphatic rings. The van der Waals surface area contributed by atoms with Gasteiger partial charge in [0.25, 0.3) is 0 Å². The first-order chi connectivity index (χ1) is 8.58. The molecule has 0 radical (unpaired) electrons. The predicted octanol–water partition coefficient (Wildman–Crippen LogP) is 1.26. The van der Waals surface area contributed by atoms with E-state index in [0.717, 1.165) is 4.31 Å². The Morgan fingerprint density at radius 3 is 2.42 bits per heavy atom. The molecule has 5 nitrogen and oxygen atoms in total. The van der Waals surface area contributed by atoms with Gasteiger partial charge in [-0.3, -0.25) is 0 Å². The fourth-order valence-corrected chi connectivity index (χ4v) is 3.33. The molecular weight excluding hydrogens is 264 g/mol. The summed E-state index contributed by atoms with van der Waals surface area (Å²) < 4.78 is 25.8. The van der Waals surface area contributed by atoms with Crippen LogP contribution in [0.4, 0.5) is 0 Å². The van der Waals surface area contributed by atoms with Gasteiger partial charge in [-0.15, -0.1) is 0 Å². The Balaban J connectivity index is 3.18. The van der Waals surface area contributed by atoms with E-state index in [9.17, 15) is 13.5 Å². The summed E-state index contributed by atoms with van der Waals surface area (Å²) in [4.78, 5) is 0.151. The van der Waals surface area contributed by atoms with Crippen LogP contribution >= 0.6 is 0 Å². The molecule has 0 bridgehead atoms. The molecular formula is C13H18N2O3S. The van der Waals surface area contributed by atoms with Crippen molar-refractivity contribution < 1.29 is 13.5 Å². The van der Waals surface area contributed by atoms with Gasteiger partial charge in [-0.05, 0) is 44.5 Å². The maximum atomic E-state index is 12.4. The van der Waals surface area contributed by atoms with E-state index in [0.29, 0.717) is 11.1 Å². The van der Waals surface area contributed by atoms with Gasteiger partial charge >= 0.3 is 0 Å². The van der Waals surface area contributed by atoms with E-state index in [2.05, 4.69) is 0 Å². The van der Waals surface area contributed by atoms with E-state index in [1.54, 1.807) is 20.8 Å². The van der Waals surface area contributed by atoms with Crippen LogP contribution in [0, 0.1) is 18.3 Å². The lowest BCUT2D eigenvalue weighted by molar-refractivity contribution is 0.0640. The maximum Gasteiger partial charge on any atom is 0.243 e. The van der Waals surface area contributed by atoms with E-state index >= 15 is 0 Å². The highest BCUT2D eigenvalue weighted by molar-refractivity contribution is 7.89. The summed E-state index contributed by atoms with van der Waals surface area (Å²) in [6.07, 6.45) is 0. The molecule has 1 aromatic carbocycles. The van der Waals surface area contributed by atoms with Crippen molar-refractivity contribution in [2.45, 2.75) is 31.3 Å². The van der Waals surface area contributed by atoms with Crippen molar-refractivity contribution in [2.24, 2.45) is 0 Å². The number of rotatable bonds is 4. The third-order valence-electron chi connectivity index (χ3n) is 2.60. The quantitative estimate of drug-likeness (QED) is 0.901. The first kappa shape index (κ1) is 15.6. The second-order valence-corrected chi connectivity index (χ2v) is 7.18. The Hall–Kier alpha value is -1.42. The number of nitrogens with zero attached hydrogens (tertiary/aromatic N) is 2.